The molecule has 5 rings (SSSR count). The maximum absolute atomic E-state index is 13.3. The molecule has 0 radical (unpaired) electrons. The summed E-state index contributed by atoms with van der Waals surface area (Å²) in [5.41, 5.74) is 2.79. The highest BCUT2D eigenvalue weighted by molar-refractivity contribution is 7.21. The fourth-order valence-corrected chi connectivity index (χ4v) is 5.69. The van der Waals surface area contributed by atoms with Gasteiger partial charge in [-0.3, -0.25) is 19.5 Å². The van der Waals surface area contributed by atoms with Crippen LogP contribution in [0, 0.1) is 0 Å². The van der Waals surface area contributed by atoms with Crippen LogP contribution >= 0.6 is 11.3 Å². The fraction of sp³-hybridized carbons (Fsp3) is 0.320. The third kappa shape index (κ3) is 4.14. The van der Waals surface area contributed by atoms with E-state index in [1.165, 1.54) is 17.4 Å². The lowest BCUT2D eigenvalue weighted by Gasteiger charge is -2.28. The molecule has 1 aliphatic carbocycles. The van der Waals surface area contributed by atoms with E-state index in [9.17, 15) is 14.4 Å². The van der Waals surface area contributed by atoms with Crippen molar-refractivity contribution in [2.75, 3.05) is 10.2 Å². The zero-order valence-corrected chi connectivity index (χ0v) is 20.3. The van der Waals surface area contributed by atoms with Gasteiger partial charge in [0, 0.05) is 24.5 Å². The van der Waals surface area contributed by atoms with Gasteiger partial charge in [-0.2, -0.15) is 0 Å². The first-order valence-corrected chi connectivity index (χ1v) is 12.4. The molecule has 0 saturated heterocycles. The van der Waals surface area contributed by atoms with Crippen LogP contribution in [0.1, 0.15) is 54.3 Å². The molecular formula is C25H26N6O3S. The summed E-state index contributed by atoms with van der Waals surface area (Å²) in [4.78, 5) is 49.8. The Morgan fingerprint density at radius 2 is 2.03 bits per heavy atom. The molecule has 1 fully saturated rings. The summed E-state index contributed by atoms with van der Waals surface area (Å²) in [7, 11) is 0. The van der Waals surface area contributed by atoms with Crippen molar-refractivity contribution in [3.8, 4) is 0 Å². The number of rotatable bonds is 6. The number of amides is 4. The van der Waals surface area contributed by atoms with Crippen LogP contribution in [0.2, 0.25) is 0 Å². The van der Waals surface area contributed by atoms with Crippen LogP contribution in [0.3, 0.4) is 0 Å². The molecule has 4 amide bonds. The second kappa shape index (κ2) is 9.10. The number of pyridine rings is 2. The van der Waals surface area contributed by atoms with Crippen LogP contribution in [0.25, 0.3) is 10.2 Å². The summed E-state index contributed by atoms with van der Waals surface area (Å²) in [5, 5.41) is 9.58. The van der Waals surface area contributed by atoms with Gasteiger partial charge in [0.15, 0.2) is 0 Å². The summed E-state index contributed by atoms with van der Waals surface area (Å²) < 4.78 is 0. The maximum Gasteiger partial charge on any atom is 0.331 e. The molecule has 1 saturated carbocycles. The van der Waals surface area contributed by atoms with E-state index in [0.717, 1.165) is 30.2 Å². The molecule has 1 aliphatic heterocycles. The molecule has 2 atom stereocenters. The molecule has 3 aromatic heterocycles. The minimum atomic E-state index is -0.364. The number of carbonyl (C=O) groups excluding carboxylic acids is 3. The Hall–Kier alpha value is -3.79. The van der Waals surface area contributed by atoms with Crippen molar-refractivity contribution in [3.05, 3.63) is 53.8 Å². The van der Waals surface area contributed by atoms with Crippen molar-refractivity contribution in [1.29, 1.82) is 0 Å². The molecule has 3 N–H and O–H groups in total. The summed E-state index contributed by atoms with van der Waals surface area (Å²) in [5.74, 6) is -0.295. The van der Waals surface area contributed by atoms with Gasteiger partial charge in [0.05, 0.1) is 28.6 Å². The quantitative estimate of drug-likeness (QED) is 0.442. The van der Waals surface area contributed by atoms with Crippen LogP contribution in [0.4, 0.5) is 21.9 Å². The number of aromatic nitrogens is 2. The van der Waals surface area contributed by atoms with E-state index in [0.29, 0.717) is 26.8 Å². The molecule has 10 heteroatoms. The lowest BCUT2D eigenvalue weighted by Crippen LogP contribution is -2.48. The molecule has 35 heavy (non-hydrogen) atoms. The van der Waals surface area contributed by atoms with E-state index in [4.69, 9.17) is 0 Å². The first-order valence-electron chi connectivity index (χ1n) is 11.6. The fourth-order valence-electron chi connectivity index (χ4n) is 4.66. The Morgan fingerprint density at radius 1 is 1.26 bits per heavy atom. The van der Waals surface area contributed by atoms with Crippen LogP contribution in [0.15, 0.2) is 43.4 Å². The zero-order valence-electron chi connectivity index (χ0n) is 19.5. The smallest absolute Gasteiger partial charge is 0.331 e. The van der Waals surface area contributed by atoms with Crippen LogP contribution in [0.5, 0.6) is 0 Å². The lowest BCUT2D eigenvalue weighted by atomic mass is 10.0. The summed E-state index contributed by atoms with van der Waals surface area (Å²) >= 11 is 1.24. The third-order valence-corrected chi connectivity index (χ3v) is 7.56. The van der Waals surface area contributed by atoms with Gasteiger partial charge >= 0.3 is 6.03 Å². The largest absolute Gasteiger partial charge is 0.348 e. The van der Waals surface area contributed by atoms with E-state index < -0.39 is 0 Å². The van der Waals surface area contributed by atoms with Crippen LogP contribution < -0.4 is 20.9 Å². The van der Waals surface area contributed by atoms with Gasteiger partial charge in [-0.1, -0.05) is 20.4 Å². The highest BCUT2D eigenvalue weighted by Crippen LogP contribution is 2.45. The standard InChI is InChI=1S/C25H26N6O3S/c1-4-19(32)28-16-6-5-7-17(16)29-23(33)22-21-20-18(8-9-27-24(20)35-22)31(25(34)30-21)15-10-14(13(2)3)11-26-12-15/h4,8-13,16-17H,1,5-7H2,2-3H3,(H,28,32)(H,29,33)(H,30,34)/t16-,17-/m1/s1. The first kappa shape index (κ1) is 23.0. The topological polar surface area (TPSA) is 116 Å². The second-order valence-electron chi connectivity index (χ2n) is 9.04. The number of hydrogen-bond acceptors (Lipinski definition) is 6. The minimum absolute atomic E-state index is 0.158. The van der Waals surface area contributed by atoms with Gasteiger partial charge in [-0.15, -0.1) is 11.3 Å². The molecule has 0 spiro atoms. The van der Waals surface area contributed by atoms with E-state index in [1.807, 2.05) is 6.07 Å². The Bertz CT molecular complexity index is 1350. The van der Waals surface area contributed by atoms with E-state index in [1.54, 1.807) is 29.6 Å². The first-order chi connectivity index (χ1) is 16.9. The number of hydrogen-bond donors (Lipinski definition) is 3. The molecule has 0 aromatic carbocycles. The molecule has 4 heterocycles. The van der Waals surface area contributed by atoms with E-state index in [-0.39, 0.29) is 35.8 Å². The average molecular weight is 491 g/mol. The summed E-state index contributed by atoms with van der Waals surface area (Å²) in [6.45, 7) is 7.63. The Kier molecular flexibility index (Phi) is 5.98. The van der Waals surface area contributed by atoms with Crippen molar-refractivity contribution in [3.63, 3.8) is 0 Å². The van der Waals surface area contributed by atoms with E-state index in [2.05, 4.69) is 46.3 Å². The molecule has 9 nitrogen and oxygen atoms in total. The maximum atomic E-state index is 13.3. The molecule has 0 bridgehead atoms. The molecule has 180 valence electrons. The number of nitrogens with one attached hydrogen (secondary N) is 3. The minimum Gasteiger partial charge on any atom is -0.348 e. The third-order valence-electron chi connectivity index (χ3n) is 6.47. The van der Waals surface area contributed by atoms with Crippen molar-refractivity contribution in [2.24, 2.45) is 0 Å². The molecular weight excluding hydrogens is 464 g/mol. The highest BCUT2D eigenvalue weighted by atomic mass is 32.1. The van der Waals surface area contributed by atoms with Crippen molar-refractivity contribution in [2.45, 2.75) is 51.1 Å². The Labute approximate surface area is 206 Å². The van der Waals surface area contributed by atoms with Gasteiger partial charge in [-0.25, -0.2) is 9.78 Å². The average Bonchev–Trinajstić information content (AvgIpc) is 3.44. The normalized spacial score (nSPS) is 19.1. The van der Waals surface area contributed by atoms with Crippen LogP contribution in [-0.2, 0) is 4.79 Å². The van der Waals surface area contributed by atoms with Gasteiger partial charge in [0.1, 0.15) is 9.71 Å². The SMILES string of the molecule is C=CC(=O)N[C@@H]1CCC[C@H]1NC(=O)c1sc2nccc3c2c1NC(=O)N3c1cncc(C(C)C)c1. The second-order valence-corrected chi connectivity index (χ2v) is 10.0. The predicted molar refractivity (Wildman–Crippen MR) is 136 cm³/mol. The zero-order chi connectivity index (χ0) is 24.7. The van der Waals surface area contributed by atoms with Gasteiger partial charge in [0.2, 0.25) is 5.91 Å². The lowest BCUT2D eigenvalue weighted by molar-refractivity contribution is -0.117. The Morgan fingerprint density at radius 3 is 2.77 bits per heavy atom. The monoisotopic (exact) mass is 490 g/mol. The van der Waals surface area contributed by atoms with Crippen LogP contribution in [-0.4, -0.2) is 39.9 Å². The number of anilines is 3. The number of carbonyl (C=O) groups is 3. The number of nitrogens with zero attached hydrogens (tertiary/aromatic N) is 3. The number of urea groups is 1. The van der Waals surface area contributed by atoms with Gasteiger partial charge < -0.3 is 16.0 Å². The molecule has 0 unspecified atom stereocenters. The highest BCUT2D eigenvalue weighted by Gasteiger charge is 2.35. The summed E-state index contributed by atoms with van der Waals surface area (Å²) in [6, 6.07) is 3.01. The molecule has 3 aromatic rings. The molecule has 2 aliphatic rings. The van der Waals surface area contributed by atoms with Gasteiger partial charge in [-0.05, 0) is 49.0 Å². The number of thiophene rings is 1. The van der Waals surface area contributed by atoms with Gasteiger partial charge in [0.25, 0.3) is 5.91 Å². The van der Waals surface area contributed by atoms with Crippen molar-refractivity contribution >= 4 is 56.5 Å². The summed E-state index contributed by atoms with van der Waals surface area (Å²) in [6.07, 6.45) is 8.76. The Balaban J connectivity index is 1.49. The predicted octanol–water partition coefficient (Wildman–Crippen LogP) is 4.45. The van der Waals surface area contributed by atoms with Crippen molar-refractivity contribution < 1.29 is 14.4 Å². The van der Waals surface area contributed by atoms with E-state index >= 15 is 0 Å². The van der Waals surface area contributed by atoms with Crippen molar-refractivity contribution in [1.82, 2.24) is 20.6 Å².